The van der Waals surface area contributed by atoms with Gasteiger partial charge in [-0.05, 0) is 6.42 Å². The Hall–Kier alpha value is -1.40. The van der Waals surface area contributed by atoms with Crippen LogP contribution in [-0.2, 0) is 22.7 Å². The van der Waals surface area contributed by atoms with E-state index in [0.29, 0.717) is 6.61 Å². The highest BCUT2D eigenvalue weighted by molar-refractivity contribution is 5.85. The van der Waals surface area contributed by atoms with Crippen molar-refractivity contribution in [3.63, 3.8) is 0 Å². The summed E-state index contributed by atoms with van der Waals surface area (Å²) in [6.07, 6.45) is 0.886. The van der Waals surface area contributed by atoms with Crippen LogP contribution in [0.15, 0.2) is 4.42 Å². The molecule has 0 radical (unpaired) electrons. The number of carbonyl (C=O) groups is 1. The molecule has 0 amide bonds. The summed E-state index contributed by atoms with van der Waals surface area (Å²) in [6, 6.07) is 0. The number of ether oxygens (including phenoxy) is 2. The van der Waals surface area contributed by atoms with Crippen molar-refractivity contribution in [2.24, 2.45) is 0 Å². The van der Waals surface area contributed by atoms with Gasteiger partial charge in [0, 0.05) is 13.7 Å². The molecule has 6 nitrogen and oxygen atoms in total. The minimum Gasteiger partial charge on any atom is -0.475 e. The second kappa shape index (κ2) is 6.24. The van der Waals surface area contributed by atoms with Crippen LogP contribution >= 0.6 is 0 Å². The highest BCUT2D eigenvalue weighted by atomic mass is 16.5. The van der Waals surface area contributed by atoms with Crippen LogP contribution in [0.1, 0.15) is 35.5 Å². The quantitative estimate of drug-likeness (QED) is 0.712. The van der Waals surface area contributed by atoms with Gasteiger partial charge in [-0.15, -0.1) is 0 Å². The molecule has 1 heterocycles. The molecule has 1 aromatic rings. The molecule has 6 heteroatoms. The topological polar surface area (TPSA) is 81.8 Å². The number of hydrogen-bond acceptors (Lipinski definition) is 5. The van der Waals surface area contributed by atoms with E-state index in [2.05, 4.69) is 4.98 Å². The highest BCUT2D eigenvalue weighted by Crippen LogP contribution is 2.13. The lowest BCUT2D eigenvalue weighted by molar-refractivity contribution is 0.0640. The van der Waals surface area contributed by atoms with Crippen molar-refractivity contribution in [1.29, 1.82) is 0 Å². The van der Waals surface area contributed by atoms with Crippen molar-refractivity contribution in [2.75, 3.05) is 13.7 Å². The zero-order valence-corrected chi connectivity index (χ0v) is 9.36. The fourth-order valence-corrected chi connectivity index (χ4v) is 1.17. The molecule has 0 spiro atoms. The van der Waals surface area contributed by atoms with E-state index in [-0.39, 0.29) is 30.6 Å². The number of oxazole rings is 1. The first kappa shape index (κ1) is 12.7. The van der Waals surface area contributed by atoms with Crippen LogP contribution < -0.4 is 0 Å². The van der Waals surface area contributed by atoms with Crippen molar-refractivity contribution < 1.29 is 23.8 Å². The van der Waals surface area contributed by atoms with Gasteiger partial charge in [0.25, 0.3) is 0 Å². The predicted octanol–water partition coefficient (Wildman–Crippen LogP) is 1.45. The average molecular weight is 229 g/mol. The lowest BCUT2D eigenvalue weighted by Crippen LogP contribution is -2.00. The second-order valence-electron chi connectivity index (χ2n) is 3.17. The van der Waals surface area contributed by atoms with Crippen LogP contribution in [0, 0.1) is 0 Å². The van der Waals surface area contributed by atoms with Crippen LogP contribution in [0.5, 0.6) is 0 Å². The number of methoxy groups -OCH3 is 1. The first-order chi connectivity index (χ1) is 7.69. The summed E-state index contributed by atoms with van der Waals surface area (Å²) in [5.41, 5.74) is 0.282. The second-order valence-corrected chi connectivity index (χ2v) is 3.17. The number of aromatic carboxylic acids is 1. The Morgan fingerprint density at radius 1 is 1.50 bits per heavy atom. The molecule has 1 rings (SSSR count). The normalized spacial score (nSPS) is 10.6. The minimum absolute atomic E-state index is 0.110. The molecule has 0 atom stereocenters. The van der Waals surface area contributed by atoms with E-state index in [0.717, 1.165) is 6.42 Å². The average Bonchev–Trinajstić information content (AvgIpc) is 2.62. The van der Waals surface area contributed by atoms with Crippen molar-refractivity contribution in [1.82, 2.24) is 4.98 Å². The molecule has 0 saturated carbocycles. The highest BCUT2D eigenvalue weighted by Gasteiger charge is 2.19. The molecule has 0 aliphatic heterocycles. The number of carboxylic acid groups (broad SMARTS) is 1. The molecule has 0 bridgehead atoms. The molecule has 1 aromatic heterocycles. The van der Waals surface area contributed by atoms with Gasteiger partial charge in [0.1, 0.15) is 12.3 Å². The summed E-state index contributed by atoms with van der Waals surface area (Å²) < 4.78 is 15.1. The zero-order valence-electron chi connectivity index (χ0n) is 9.36. The molecule has 90 valence electrons. The van der Waals surface area contributed by atoms with Crippen LogP contribution in [0.4, 0.5) is 0 Å². The Morgan fingerprint density at radius 3 is 2.81 bits per heavy atom. The molecule has 1 N–H and O–H groups in total. The third kappa shape index (κ3) is 3.32. The summed E-state index contributed by atoms with van der Waals surface area (Å²) in [4.78, 5) is 14.8. The number of aromatic nitrogens is 1. The van der Waals surface area contributed by atoms with Gasteiger partial charge in [0.05, 0.1) is 6.61 Å². The van der Waals surface area contributed by atoms with Gasteiger partial charge < -0.3 is 19.0 Å². The van der Waals surface area contributed by atoms with Crippen molar-refractivity contribution in [2.45, 2.75) is 26.6 Å². The lowest BCUT2D eigenvalue weighted by Gasteiger charge is -1.96. The minimum atomic E-state index is -1.15. The molecular weight excluding hydrogens is 214 g/mol. The van der Waals surface area contributed by atoms with E-state index >= 15 is 0 Å². The molecule has 0 saturated heterocycles. The first-order valence-corrected chi connectivity index (χ1v) is 4.97. The van der Waals surface area contributed by atoms with Crippen LogP contribution in [0.2, 0.25) is 0 Å². The Balaban J connectivity index is 2.72. The Morgan fingerprint density at radius 2 is 2.25 bits per heavy atom. The van der Waals surface area contributed by atoms with Gasteiger partial charge in [-0.2, -0.15) is 0 Å². The summed E-state index contributed by atoms with van der Waals surface area (Å²) in [6.45, 7) is 2.86. The summed E-state index contributed by atoms with van der Waals surface area (Å²) in [5, 5.41) is 8.85. The third-order valence-electron chi connectivity index (χ3n) is 1.79. The van der Waals surface area contributed by atoms with E-state index in [4.69, 9.17) is 19.0 Å². The van der Waals surface area contributed by atoms with Crippen LogP contribution in [0.3, 0.4) is 0 Å². The van der Waals surface area contributed by atoms with E-state index in [9.17, 15) is 4.79 Å². The lowest BCUT2D eigenvalue weighted by atomic mass is 10.3. The molecule has 0 unspecified atom stereocenters. The third-order valence-corrected chi connectivity index (χ3v) is 1.79. The molecule has 0 aliphatic carbocycles. The van der Waals surface area contributed by atoms with Gasteiger partial charge >= 0.3 is 5.97 Å². The van der Waals surface area contributed by atoms with Crippen molar-refractivity contribution in [3.8, 4) is 0 Å². The maximum atomic E-state index is 10.8. The Labute approximate surface area is 93.2 Å². The van der Waals surface area contributed by atoms with Crippen molar-refractivity contribution >= 4 is 5.97 Å². The van der Waals surface area contributed by atoms with Gasteiger partial charge in [-0.1, -0.05) is 6.92 Å². The van der Waals surface area contributed by atoms with Gasteiger partial charge in [-0.25, -0.2) is 9.78 Å². The van der Waals surface area contributed by atoms with Crippen LogP contribution in [0.25, 0.3) is 0 Å². The zero-order chi connectivity index (χ0) is 12.0. The fraction of sp³-hybridized carbons (Fsp3) is 0.600. The maximum Gasteiger partial charge on any atom is 0.373 e. The van der Waals surface area contributed by atoms with Gasteiger partial charge in [0.2, 0.25) is 11.7 Å². The number of nitrogens with zero attached hydrogens (tertiary/aromatic N) is 1. The van der Waals surface area contributed by atoms with Gasteiger partial charge in [-0.3, -0.25) is 0 Å². The standard InChI is InChI=1S/C10H15NO5/c1-3-4-15-6-8-11-7(5-14-2)9(16-8)10(12)13/h3-6H2,1-2H3,(H,12,13). The Bertz CT molecular complexity index is 347. The summed E-state index contributed by atoms with van der Waals surface area (Å²) in [5.74, 6) is -1.07. The fourth-order valence-electron chi connectivity index (χ4n) is 1.17. The first-order valence-electron chi connectivity index (χ1n) is 4.97. The number of rotatable bonds is 7. The van der Waals surface area contributed by atoms with Gasteiger partial charge in [0.15, 0.2) is 0 Å². The van der Waals surface area contributed by atoms with E-state index < -0.39 is 5.97 Å². The molecule has 0 aliphatic rings. The maximum absolute atomic E-state index is 10.8. The smallest absolute Gasteiger partial charge is 0.373 e. The SMILES string of the molecule is CCCOCc1nc(COC)c(C(=O)O)o1. The van der Waals surface area contributed by atoms with E-state index in [1.54, 1.807) is 0 Å². The Kier molecular flexibility index (Phi) is 4.94. The van der Waals surface area contributed by atoms with Crippen LogP contribution in [-0.4, -0.2) is 29.8 Å². The number of hydrogen-bond donors (Lipinski definition) is 1. The summed E-state index contributed by atoms with van der Waals surface area (Å²) in [7, 11) is 1.47. The van der Waals surface area contributed by atoms with E-state index in [1.807, 2.05) is 6.92 Å². The predicted molar refractivity (Wildman–Crippen MR) is 54.1 cm³/mol. The number of carboxylic acids is 1. The summed E-state index contributed by atoms with van der Waals surface area (Å²) >= 11 is 0. The largest absolute Gasteiger partial charge is 0.475 e. The van der Waals surface area contributed by atoms with Crippen molar-refractivity contribution in [3.05, 3.63) is 17.3 Å². The molecule has 0 aromatic carbocycles. The molecular formula is C10H15NO5. The van der Waals surface area contributed by atoms with E-state index in [1.165, 1.54) is 7.11 Å². The molecule has 16 heavy (non-hydrogen) atoms. The molecule has 0 fully saturated rings. The monoisotopic (exact) mass is 229 g/mol.